The van der Waals surface area contributed by atoms with Crippen molar-refractivity contribution in [2.75, 3.05) is 7.05 Å². The quantitative estimate of drug-likeness (QED) is 0.815. The Bertz CT molecular complexity index is 528. The van der Waals surface area contributed by atoms with E-state index in [1.54, 1.807) is 6.20 Å². The zero-order valence-electron chi connectivity index (χ0n) is 12.3. The molecule has 1 amide bonds. The largest absolute Gasteiger partial charge is 0.337 e. The first-order valence-electron chi connectivity index (χ1n) is 8.00. The van der Waals surface area contributed by atoms with Gasteiger partial charge in [0.2, 0.25) is 0 Å². The molecule has 4 saturated carbocycles. The minimum atomic E-state index is 0.0833. The first-order valence-corrected chi connectivity index (χ1v) is 8.80. The highest BCUT2D eigenvalue weighted by Gasteiger charge is 2.50. The summed E-state index contributed by atoms with van der Waals surface area (Å²) in [6.45, 7) is 0. The molecule has 112 valence electrons. The highest BCUT2D eigenvalue weighted by molar-refractivity contribution is 9.10. The van der Waals surface area contributed by atoms with Crippen LogP contribution >= 0.6 is 15.9 Å². The fraction of sp³-hybridized carbons (Fsp3) is 0.647. The molecule has 5 rings (SSSR count). The molecule has 21 heavy (non-hydrogen) atoms. The maximum Gasteiger partial charge on any atom is 0.272 e. The first kappa shape index (κ1) is 13.7. The Morgan fingerprint density at radius 3 is 2.29 bits per heavy atom. The van der Waals surface area contributed by atoms with Gasteiger partial charge in [0.15, 0.2) is 0 Å². The molecule has 1 aromatic heterocycles. The predicted molar refractivity (Wildman–Crippen MR) is 84.9 cm³/mol. The molecule has 4 heteroatoms. The van der Waals surface area contributed by atoms with E-state index in [-0.39, 0.29) is 5.91 Å². The number of amides is 1. The van der Waals surface area contributed by atoms with Crippen molar-refractivity contribution in [1.82, 2.24) is 9.88 Å². The monoisotopic (exact) mass is 348 g/mol. The van der Waals surface area contributed by atoms with Gasteiger partial charge in [-0.1, -0.05) is 0 Å². The van der Waals surface area contributed by atoms with E-state index in [0.717, 1.165) is 28.1 Å². The summed E-state index contributed by atoms with van der Waals surface area (Å²) in [7, 11) is 1.99. The third kappa shape index (κ3) is 2.32. The maximum absolute atomic E-state index is 12.7. The van der Waals surface area contributed by atoms with E-state index in [1.165, 1.54) is 32.1 Å². The van der Waals surface area contributed by atoms with Gasteiger partial charge in [-0.25, -0.2) is 4.98 Å². The topological polar surface area (TPSA) is 33.2 Å². The van der Waals surface area contributed by atoms with Crippen molar-refractivity contribution >= 4 is 21.8 Å². The smallest absolute Gasteiger partial charge is 0.272 e. The summed E-state index contributed by atoms with van der Waals surface area (Å²) in [6, 6.07) is 4.15. The molecule has 1 heterocycles. The van der Waals surface area contributed by atoms with Crippen molar-refractivity contribution in [2.45, 2.75) is 38.1 Å². The minimum absolute atomic E-state index is 0.0833. The molecule has 0 aliphatic heterocycles. The average Bonchev–Trinajstić information content (AvgIpc) is 2.46. The van der Waals surface area contributed by atoms with Crippen LogP contribution < -0.4 is 0 Å². The molecule has 0 N–H and O–H groups in total. The van der Waals surface area contributed by atoms with Crippen LogP contribution in [0, 0.1) is 23.7 Å². The molecule has 4 fully saturated rings. The second-order valence-corrected chi connectivity index (χ2v) is 8.11. The van der Waals surface area contributed by atoms with Crippen molar-refractivity contribution in [3.63, 3.8) is 0 Å². The molecular formula is C17H21BrN2O. The summed E-state index contributed by atoms with van der Waals surface area (Å²) in [5.41, 5.74) is 0.564. The van der Waals surface area contributed by atoms with Gasteiger partial charge in [0.25, 0.3) is 5.91 Å². The molecule has 4 bridgehead atoms. The van der Waals surface area contributed by atoms with Crippen molar-refractivity contribution in [3.8, 4) is 0 Å². The summed E-state index contributed by atoms with van der Waals surface area (Å²) in [4.78, 5) is 19.0. The Labute approximate surface area is 134 Å². The van der Waals surface area contributed by atoms with Crippen molar-refractivity contribution in [3.05, 3.63) is 28.5 Å². The zero-order chi connectivity index (χ0) is 14.6. The van der Waals surface area contributed by atoms with E-state index in [2.05, 4.69) is 20.9 Å². The number of aromatic nitrogens is 1. The van der Waals surface area contributed by atoms with Crippen LogP contribution in [-0.2, 0) is 0 Å². The Morgan fingerprint density at radius 2 is 1.76 bits per heavy atom. The number of rotatable bonds is 2. The van der Waals surface area contributed by atoms with Gasteiger partial charge < -0.3 is 4.90 Å². The lowest BCUT2D eigenvalue weighted by Crippen LogP contribution is -2.56. The molecule has 0 radical (unpaired) electrons. The molecule has 4 aliphatic rings. The fourth-order valence-electron chi connectivity index (χ4n) is 5.35. The second-order valence-electron chi connectivity index (χ2n) is 7.20. The SMILES string of the molecule is CN(C(=O)c1ccc(Br)cn1)C1C2CC3CC(C2)CC1C3. The number of hydrogen-bond acceptors (Lipinski definition) is 2. The van der Waals surface area contributed by atoms with Crippen LogP contribution in [0.25, 0.3) is 0 Å². The maximum atomic E-state index is 12.7. The van der Waals surface area contributed by atoms with Gasteiger partial charge >= 0.3 is 0 Å². The number of hydrogen-bond donors (Lipinski definition) is 0. The lowest BCUT2D eigenvalue weighted by Gasteiger charge is -2.56. The number of halogens is 1. The third-order valence-corrected chi connectivity index (χ3v) is 6.36. The van der Waals surface area contributed by atoms with Crippen LogP contribution in [-0.4, -0.2) is 28.9 Å². The summed E-state index contributed by atoms with van der Waals surface area (Å²) in [5, 5.41) is 0. The van der Waals surface area contributed by atoms with Crippen LogP contribution in [0.2, 0.25) is 0 Å². The fourth-order valence-corrected chi connectivity index (χ4v) is 5.58. The molecule has 0 aromatic carbocycles. The van der Waals surface area contributed by atoms with E-state index in [9.17, 15) is 4.79 Å². The van der Waals surface area contributed by atoms with Crippen LogP contribution in [0.3, 0.4) is 0 Å². The van der Waals surface area contributed by atoms with Gasteiger partial charge in [-0.2, -0.15) is 0 Å². The molecule has 0 spiro atoms. The second kappa shape index (κ2) is 5.08. The Kier molecular flexibility index (Phi) is 3.32. The lowest BCUT2D eigenvalue weighted by atomic mass is 9.54. The van der Waals surface area contributed by atoms with Gasteiger partial charge in [0.1, 0.15) is 5.69 Å². The van der Waals surface area contributed by atoms with Gasteiger partial charge in [-0.05, 0) is 83.8 Å². The number of carbonyl (C=O) groups is 1. The molecule has 0 saturated heterocycles. The van der Waals surface area contributed by atoms with Crippen LogP contribution in [0.5, 0.6) is 0 Å². The Morgan fingerprint density at radius 1 is 1.14 bits per heavy atom. The van der Waals surface area contributed by atoms with Crippen molar-refractivity contribution in [1.29, 1.82) is 0 Å². The zero-order valence-corrected chi connectivity index (χ0v) is 13.9. The molecule has 4 aliphatic carbocycles. The molecule has 3 nitrogen and oxygen atoms in total. The van der Waals surface area contributed by atoms with Crippen LogP contribution in [0.4, 0.5) is 0 Å². The highest BCUT2D eigenvalue weighted by atomic mass is 79.9. The van der Waals surface area contributed by atoms with Gasteiger partial charge in [-0.3, -0.25) is 4.79 Å². The standard InChI is InChI=1S/C17H21BrN2O/c1-20(17(21)15-3-2-14(18)9-19-15)16-12-5-10-4-11(7-12)8-13(16)6-10/h2-3,9-13,16H,4-8H2,1H3. The van der Waals surface area contributed by atoms with Crippen LogP contribution in [0.15, 0.2) is 22.8 Å². The van der Waals surface area contributed by atoms with Gasteiger partial charge in [-0.15, -0.1) is 0 Å². The highest BCUT2D eigenvalue weighted by Crippen LogP contribution is 2.55. The Balaban J connectivity index is 1.55. The normalized spacial score (nSPS) is 36.8. The summed E-state index contributed by atoms with van der Waals surface area (Å²) >= 11 is 3.37. The van der Waals surface area contributed by atoms with E-state index in [1.807, 2.05) is 24.1 Å². The summed E-state index contributed by atoms with van der Waals surface area (Å²) in [6.07, 6.45) is 8.50. The van der Waals surface area contributed by atoms with E-state index in [4.69, 9.17) is 0 Å². The average molecular weight is 349 g/mol. The third-order valence-electron chi connectivity index (χ3n) is 5.89. The van der Waals surface area contributed by atoms with Crippen LogP contribution in [0.1, 0.15) is 42.6 Å². The van der Waals surface area contributed by atoms with Crippen molar-refractivity contribution in [2.24, 2.45) is 23.7 Å². The Hall–Kier alpha value is -0.900. The van der Waals surface area contributed by atoms with Crippen molar-refractivity contribution < 1.29 is 4.79 Å². The van der Waals surface area contributed by atoms with Gasteiger partial charge in [0.05, 0.1) is 0 Å². The molecular weight excluding hydrogens is 328 g/mol. The van der Waals surface area contributed by atoms with E-state index in [0.29, 0.717) is 11.7 Å². The summed E-state index contributed by atoms with van der Waals surface area (Å²) in [5.74, 6) is 3.42. The minimum Gasteiger partial charge on any atom is -0.337 e. The number of carbonyl (C=O) groups excluding carboxylic acids is 1. The van der Waals surface area contributed by atoms with Gasteiger partial charge in [0, 0.05) is 23.8 Å². The predicted octanol–water partition coefficient (Wildman–Crippen LogP) is 3.74. The molecule has 0 atom stereocenters. The first-order chi connectivity index (χ1) is 10.1. The number of pyridine rings is 1. The molecule has 1 aromatic rings. The molecule has 0 unspecified atom stereocenters. The number of nitrogens with zero attached hydrogens (tertiary/aromatic N) is 2. The summed E-state index contributed by atoms with van der Waals surface area (Å²) < 4.78 is 0.913. The van der Waals surface area contributed by atoms with E-state index >= 15 is 0 Å². The van der Waals surface area contributed by atoms with E-state index < -0.39 is 0 Å². The lowest BCUT2D eigenvalue weighted by molar-refractivity contribution is -0.0492.